The van der Waals surface area contributed by atoms with Crippen LogP contribution in [0.1, 0.15) is 27.0 Å². The van der Waals surface area contributed by atoms with Crippen LogP contribution in [0, 0.1) is 0 Å². The number of methoxy groups -OCH3 is 1. The van der Waals surface area contributed by atoms with Crippen molar-refractivity contribution in [2.45, 2.75) is 19.3 Å². The lowest BCUT2D eigenvalue weighted by atomic mass is 10.1. The maximum atomic E-state index is 12.8. The maximum absolute atomic E-state index is 12.8. The maximum Gasteiger partial charge on any atom is 0.416 e. The number of carbonyl (C=O) groups excluding carboxylic acids is 2. The van der Waals surface area contributed by atoms with Crippen LogP contribution in [-0.4, -0.2) is 25.5 Å². The molecule has 178 valence electrons. The Labute approximate surface area is 194 Å². The molecule has 0 aliphatic heterocycles. The molecule has 2 N–H and O–H groups in total. The zero-order valence-electron chi connectivity index (χ0n) is 18.3. The zero-order chi connectivity index (χ0) is 24.6. The van der Waals surface area contributed by atoms with E-state index in [1.165, 1.54) is 24.3 Å². The molecule has 0 saturated heterocycles. The van der Waals surface area contributed by atoms with Gasteiger partial charge in [0.05, 0.1) is 12.2 Å². The van der Waals surface area contributed by atoms with Crippen LogP contribution >= 0.6 is 0 Å². The van der Waals surface area contributed by atoms with Crippen molar-refractivity contribution in [1.29, 1.82) is 0 Å². The average Bonchev–Trinajstić information content (AvgIpc) is 2.82. The first-order valence-electron chi connectivity index (χ1n) is 10.3. The highest BCUT2D eigenvalue weighted by Crippen LogP contribution is 2.30. The van der Waals surface area contributed by atoms with Gasteiger partial charge in [0.2, 0.25) is 0 Å². The minimum Gasteiger partial charge on any atom is -0.484 e. The molecule has 9 heteroatoms. The Morgan fingerprint density at radius 2 is 1.62 bits per heavy atom. The summed E-state index contributed by atoms with van der Waals surface area (Å²) in [5, 5.41) is 5.21. The number of benzene rings is 3. The molecule has 0 radical (unpaired) electrons. The summed E-state index contributed by atoms with van der Waals surface area (Å²) < 4.78 is 48.9. The number of hydrogen-bond donors (Lipinski definition) is 2. The standard InChI is InChI=1S/C25H23F3N2O4/c1-33-15-19-6-3-2-5-18(19)14-29-24(32)17-9-11-22(12-10-17)34-16-23(31)30-21-8-4-7-20(13-21)25(26,27)28/h2-13H,14-16H2,1H3,(H,29,32)(H,30,31). The third-order valence-electron chi connectivity index (χ3n) is 4.82. The molecule has 0 aliphatic carbocycles. The summed E-state index contributed by atoms with van der Waals surface area (Å²) >= 11 is 0. The smallest absolute Gasteiger partial charge is 0.416 e. The Kier molecular flexibility index (Phi) is 8.26. The highest BCUT2D eigenvalue weighted by molar-refractivity contribution is 5.94. The number of anilines is 1. The average molecular weight is 472 g/mol. The number of alkyl halides is 3. The molecule has 6 nitrogen and oxygen atoms in total. The van der Waals surface area contributed by atoms with Gasteiger partial charge < -0.3 is 20.1 Å². The summed E-state index contributed by atoms with van der Waals surface area (Å²) in [4.78, 5) is 24.5. The van der Waals surface area contributed by atoms with Crippen molar-refractivity contribution in [3.8, 4) is 5.75 Å². The van der Waals surface area contributed by atoms with Crippen LogP contribution in [0.25, 0.3) is 0 Å². The highest BCUT2D eigenvalue weighted by Gasteiger charge is 2.30. The number of ether oxygens (including phenoxy) is 2. The van der Waals surface area contributed by atoms with E-state index in [1.54, 1.807) is 19.2 Å². The fourth-order valence-corrected chi connectivity index (χ4v) is 3.13. The van der Waals surface area contributed by atoms with Gasteiger partial charge in [-0.15, -0.1) is 0 Å². The van der Waals surface area contributed by atoms with Gasteiger partial charge in [-0.25, -0.2) is 0 Å². The molecule has 34 heavy (non-hydrogen) atoms. The molecule has 0 aromatic heterocycles. The third kappa shape index (κ3) is 7.08. The first-order valence-corrected chi connectivity index (χ1v) is 10.3. The summed E-state index contributed by atoms with van der Waals surface area (Å²) in [5.41, 5.74) is 1.50. The molecular weight excluding hydrogens is 449 g/mol. The molecule has 3 aromatic carbocycles. The summed E-state index contributed by atoms with van der Waals surface area (Å²) in [7, 11) is 1.61. The Morgan fingerprint density at radius 1 is 0.912 bits per heavy atom. The van der Waals surface area contributed by atoms with Gasteiger partial charge >= 0.3 is 6.18 Å². The lowest BCUT2D eigenvalue weighted by Gasteiger charge is -2.11. The largest absolute Gasteiger partial charge is 0.484 e. The molecule has 0 aliphatic rings. The fraction of sp³-hybridized carbons (Fsp3) is 0.200. The molecule has 0 atom stereocenters. The van der Waals surface area contributed by atoms with Crippen LogP contribution in [-0.2, 0) is 28.9 Å². The first kappa shape index (κ1) is 24.8. The van der Waals surface area contributed by atoms with Gasteiger partial charge in [-0.2, -0.15) is 13.2 Å². The van der Waals surface area contributed by atoms with Gasteiger partial charge in [0.25, 0.3) is 11.8 Å². The Bertz CT molecular complexity index is 1130. The number of rotatable bonds is 9. The normalized spacial score (nSPS) is 11.1. The Morgan fingerprint density at radius 3 is 2.29 bits per heavy atom. The van der Waals surface area contributed by atoms with E-state index in [9.17, 15) is 22.8 Å². The minimum atomic E-state index is -4.50. The third-order valence-corrected chi connectivity index (χ3v) is 4.82. The predicted molar refractivity (Wildman–Crippen MR) is 120 cm³/mol. The molecular formula is C25H23F3N2O4. The number of amides is 2. The van der Waals surface area contributed by atoms with Crippen LogP contribution in [0.4, 0.5) is 18.9 Å². The van der Waals surface area contributed by atoms with Gasteiger partial charge in [0.15, 0.2) is 6.61 Å². The topological polar surface area (TPSA) is 76.7 Å². The zero-order valence-corrected chi connectivity index (χ0v) is 18.3. The molecule has 0 spiro atoms. The van der Waals surface area contributed by atoms with Crippen molar-refractivity contribution in [2.24, 2.45) is 0 Å². The quantitative estimate of drug-likeness (QED) is 0.469. The van der Waals surface area contributed by atoms with Crippen molar-refractivity contribution in [2.75, 3.05) is 19.0 Å². The van der Waals surface area contributed by atoms with Gasteiger partial charge in [0, 0.05) is 24.9 Å². The number of halogens is 3. The van der Waals surface area contributed by atoms with E-state index >= 15 is 0 Å². The predicted octanol–water partition coefficient (Wildman–Crippen LogP) is 4.80. The molecule has 0 fully saturated rings. The van der Waals surface area contributed by atoms with Crippen LogP contribution in [0.2, 0.25) is 0 Å². The van der Waals surface area contributed by atoms with E-state index < -0.39 is 24.3 Å². The van der Waals surface area contributed by atoms with E-state index in [0.717, 1.165) is 23.3 Å². The van der Waals surface area contributed by atoms with Gasteiger partial charge in [-0.05, 0) is 53.6 Å². The van der Waals surface area contributed by atoms with E-state index in [0.29, 0.717) is 24.5 Å². The second-order valence-corrected chi connectivity index (χ2v) is 7.32. The van der Waals surface area contributed by atoms with Crippen molar-refractivity contribution < 1.29 is 32.2 Å². The molecule has 3 rings (SSSR count). The lowest BCUT2D eigenvalue weighted by Crippen LogP contribution is -2.23. The fourth-order valence-electron chi connectivity index (χ4n) is 3.13. The van der Waals surface area contributed by atoms with Crippen LogP contribution < -0.4 is 15.4 Å². The summed E-state index contributed by atoms with van der Waals surface area (Å²) in [6.07, 6.45) is -4.50. The van der Waals surface area contributed by atoms with E-state index in [-0.39, 0.29) is 11.6 Å². The number of carbonyl (C=O) groups is 2. The second kappa shape index (κ2) is 11.3. The van der Waals surface area contributed by atoms with Crippen molar-refractivity contribution >= 4 is 17.5 Å². The van der Waals surface area contributed by atoms with E-state index in [4.69, 9.17) is 9.47 Å². The molecule has 0 heterocycles. The van der Waals surface area contributed by atoms with Crippen LogP contribution in [0.5, 0.6) is 5.75 Å². The molecule has 3 aromatic rings. The first-order chi connectivity index (χ1) is 16.3. The lowest BCUT2D eigenvalue weighted by molar-refractivity contribution is -0.137. The monoisotopic (exact) mass is 472 g/mol. The molecule has 0 bridgehead atoms. The SMILES string of the molecule is COCc1ccccc1CNC(=O)c1ccc(OCC(=O)Nc2cccc(C(F)(F)F)c2)cc1. The van der Waals surface area contributed by atoms with Crippen molar-refractivity contribution in [3.05, 3.63) is 95.1 Å². The van der Waals surface area contributed by atoms with Crippen LogP contribution in [0.15, 0.2) is 72.8 Å². The van der Waals surface area contributed by atoms with Gasteiger partial charge in [0.1, 0.15) is 5.75 Å². The Balaban J connectivity index is 1.50. The van der Waals surface area contributed by atoms with Gasteiger partial charge in [-0.3, -0.25) is 9.59 Å². The number of nitrogens with one attached hydrogen (secondary N) is 2. The van der Waals surface area contributed by atoms with E-state index in [2.05, 4.69) is 10.6 Å². The summed E-state index contributed by atoms with van der Waals surface area (Å²) in [6, 6.07) is 18.1. The molecule has 0 unspecified atom stereocenters. The van der Waals surface area contributed by atoms with Crippen molar-refractivity contribution in [1.82, 2.24) is 5.32 Å². The van der Waals surface area contributed by atoms with Crippen LogP contribution in [0.3, 0.4) is 0 Å². The molecule has 0 saturated carbocycles. The molecule has 2 amide bonds. The minimum absolute atomic E-state index is 0.0162. The second-order valence-electron chi connectivity index (χ2n) is 7.32. The highest BCUT2D eigenvalue weighted by atomic mass is 19.4. The number of hydrogen-bond acceptors (Lipinski definition) is 4. The summed E-state index contributed by atoms with van der Waals surface area (Å²) in [5.74, 6) is -0.557. The van der Waals surface area contributed by atoms with Gasteiger partial charge in [-0.1, -0.05) is 30.3 Å². The summed E-state index contributed by atoms with van der Waals surface area (Å²) in [6.45, 7) is 0.379. The van der Waals surface area contributed by atoms with Crippen molar-refractivity contribution in [3.63, 3.8) is 0 Å². The Hall–Kier alpha value is -3.85. The van der Waals surface area contributed by atoms with E-state index in [1.807, 2.05) is 24.3 Å².